The van der Waals surface area contributed by atoms with E-state index in [0.29, 0.717) is 0 Å². The average molecular weight is 332 g/mol. The third-order valence-corrected chi connectivity index (χ3v) is 1.24. The van der Waals surface area contributed by atoms with Crippen LogP contribution in [0.2, 0.25) is 0 Å². The first-order chi connectivity index (χ1) is 4.86. The predicted octanol–water partition coefficient (Wildman–Crippen LogP) is 0.681. The summed E-state index contributed by atoms with van der Waals surface area (Å²) in [5, 5.41) is 11.4. The fraction of sp³-hybridized carbons (Fsp3) is 0.143. The van der Waals surface area contributed by atoms with Crippen LogP contribution in [-0.4, -0.2) is 19.8 Å². The van der Waals surface area contributed by atoms with Crippen LogP contribution < -0.4 is 0 Å². The zero-order chi connectivity index (χ0) is 6.97. The number of hydrogen-bond donors (Lipinski definition) is 0. The molecule has 2 aromatic rings. The summed E-state index contributed by atoms with van der Waals surface area (Å²) in [4.78, 5) is 0. The Morgan fingerprint density at radius 1 is 1.42 bits per heavy atom. The number of fused-ring (bicyclic) bond motifs is 1. The molecule has 0 N–H and O–H groups in total. The molecular weight excluding hydrogens is 324 g/mol. The molecule has 0 saturated heterocycles. The van der Waals surface area contributed by atoms with E-state index >= 15 is 0 Å². The molecule has 2 rings (SSSR count). The van der Waals surface area contributed by atoms with Gasteiger partial charge in [-0.2, -0.15) is 0 Å². The Kier molecular flexibility index (Phi) is 4.04. The maximum absolute atomic E-state index is 4.07. The fourth-order valence-corrected chi connectivity index (χ4v) is 0.773. The van der Waals surface area contributed by atoms with Gasteiger partial charge in [-0.3, -0.25) is 5.10 Å². The molecular formula is C7H8N4W. The number of aromatic nitrogens is 4. The van der Waals surface area contributed by atoms with Crippen molar-refractivity contribution >= 4 is 5.65 Å². The molecule has 0 aliphatic carbocycles. The van der Waals surface area contributed by atoms with Gasteiger partial charge in [-0.1, -0.05) is 12.1 Å². The first-order valence-corrected chi connectivity index (χ1v) is 2.93. The minimum atomic E-state index is 0. The topological polar surface area (TPSA) is 43.1 Å². The molecule has 0 atom stereocenters. The van der Waals surface area contributed by atoms with Gasteiger partial charge in [0.1, 0.15) is 0 Å². The van der Waals surface area contributed by atoms with Gasteiger partial charge >= 0.3 is 21.1 Å². The minimum Gasteiger partial charge on any atom is -0.365 e. The van der Waals surface area contributed by atoms with Gasteiger partial charge in [-0.25, -0.2) is 10.2 Å². The van der Waals surface area contributed by atoms with E-state index < -0.39 is 0 Å². The molecule has 12 heavy (non-hydrogen) atoms. The van der Waals surface area contributed by atoms with Gasteiger partial charge in [-0.15, -0.1) is 0 Å². The van der Waals surface area contributed by atoms with Crippen molar-refractivity contribution < 1.29 is 21.1 Å². The number of hydrogen-bond acceptors (Lipinski definition) is 3. The Morgan fingerprint density at radius 2 is 2.17 bits per heavy atom. The molecule has 0 aliphatic heterocycles. The van der Waals surface area contributed by atoms with Gasteiger partial charge in [-0.05, 0) is 13.3 Å². The zero-order valence-electron chi connectivity index (χ0n) is 6.85. The molecule has 2 heterocycles. The van der Waals surface area contributed by atoms with Gasteiger partial charge in [0.2, 0.25) is 0 Å². The van der Waals surface area contributed by atoms with Crippen LogP contribution >= 0.6 is 0 Å². The van der Waals surface area contributed by atoms with Crippen molar-refractivity contribution in [3.8, 4) is 0 Å². The molecule has 2 aromatic heterocycles. The molecule has 0 spiro atoms. The van der Waals surface area contributed by atoms with Crippen molar-refractivity contribution in [2.75, 3.05) is 0 Å². The molecule has 62 valence electrons. The quantitative estimate of drug-likeness (QED) is 0.667. The molecule has 5 heteroatoms. The summed E-state index contributed by atoms with van der Waals surface area (Å²) >= 11 is 0. The van der Waals surface area contributed by atoms with E-state index in [1.165, 1.54) is 4.52 Å². The number of aryl methyl sites for hydroxylation is 1. The Bertz CT molecular complexity index is 357. The van der Waals surface area contributed by atoms with Crippen LogP contribution in [0.25, 0.3) is 5.65 Å². The van der Waals surface area contributed by atoms with E-state index in [4.69, 9.17) is 0 Å². The number of nitrogens with zero attached hydrogens (tertiary/aromatic N) is 4. The van der Waals surface area contributed by atoms with E-state index in [2.05, 4.69) is 21.6 Å². The SMILES string of the molecule is Cc1ccc2nn[c-]n2n1.[CH3-].[W+2]. The average Bonchev–Trinajstić information content (AvgIpc) is 2.33. The third kappa shape index (κ3) is 1.88. The molecule has 0 unspecified atom stereocenters. The van der Waals surface area contributed by atoms with Crippen molar-refractivity contribution in [3.63, 3.8) is 0 Å². The van der Waals surface area contributed by atoms with E-state index in [-0.39, 0.29) is 28.5 Å². The van der Waals surface area contributed by atoms with Crippen molar-refractivity contribution in [3.05, 3.63) is 31.6 Å². The molecule has 0 fully saturated rings. The summed E-state index contributed by atoms with van der Waals surface area (Å²) in [7, 11) is 0. The van der Waals surface area contributed by atoms with E-state index in [0.717, 1.165) is 11.3 Å². The largest absolute Gasteiger partial charge is 2.00 e. The van der Waals surface area contributed by atoms with Gasteiger partial charge < -0.3 is 11.9 Å². The predicted molar refractivity (Wildman–Crippen MR) is 40.8 cm³/mol. The fourth-order valence-electron chi connectivity index (χ4n) is 0.773. The van der Waals surface area contributed by atoms with Crippen molar-refractivity contribution in [2.24, 2.45) is 0 Å². The summed E-state index contributed by atoms with van der Waals surface area (Å²) in [6.45, 7) is 1.91. The van der Waals surface area contributed by atoms with Gasteiger partial charge in [0.25, 0.3) is 0 Å². The molecule has 0 saturated carbocycles. The van der Waals surface area contributed by atoms with Crippen LogP contribution in [0.3, 0.4) is 0 Å². The van der Waals surface area contributed by atoms with Crippen molar-refractivity contribution in [1.82, 2.24) is 19.8 Å². The van der Waals surface area contributed by atoms with E-state index in [1.54, 1.807) is 0 Å². The Hall–Kier alpha value is -0.762. The first-order valence-electron chi connectivity index (χ1n) is 2.93. The van der Waals surface area contributed by atoms with Crippen LogP contribution in [0.1, 0.15) is 5.69 Å². The Labute approximate surface area is 85.3 Å². The van der Waals surface area contributed by atoms with Crippen molar-refractivity contribution in [2.45, 2.75) is 6.92 Å². The second-order valence-electron chi connectivity index (χ2n) is 2.04. The van der Waals surface area contributed by atoms with Gasteiger partial charge in [0.15, 0.2) is 0 Å². The third-order valence-electron chi connectivity index (χ3n) is 1.24. The molecule has 0 amide bonds. The normalized spacial score (nSPS) is 8.75. The van der Waals surface area contributed by atoms with E-state index in [9.17, 15) is 0 Å². The van der Waals surface area contributed by atoms with Gasteiger partial charge in [0, 0.05) is 5.65 Å². The summed E-state index contributed by atoms with van der Waals surface area (Å²) in [6.07, 6.45) is 2.60. The summed E-state index contributed by atoms with van der Waals surface area (Å²) < 4.78 is 1.52. The van der Waals surface area contributed by atoms with Gasteiger partial charge in [0.05, 0.1) is 5.69 Å². The summed E-state index contributed by atoms with van der Waals surface area (Å²) in [5.41, 5.74) is 1.66. The van der Waals surface area contributed by atoms with Crippen LogP contribution in [0, 0.1) is 20.7 Å². The smallest absolute Gasteiger partial charge is 0.365 e. The van der Waals surface area contributed by atoms with Crippen LogP contribution in [0.15, 0.2) is 12.1 Å². The van der Waals surface area contributed by atoms with Crippen LogP contribution in [-0.2, 0) is 21.1 Å². The molecule has 0 radical (unpaired) electrons. The Balaban J connectivity index is 0.000000605. The molecule has 0 aromatic carbocycles. The summed E-state index contributed by atoms with van der Waals surface area (Å²) in [5.74, 6) is 0. The Morgan fingerprint density at radius 3 is 2.92 bits per heavy atom. The summed E-state index contributed by atoms with van der Waals surface area (Å²) in [6, 6.07) is 3.74. The first kappa shape index (κ1) is 11.2. The second kappa shape index (κ2) is 4.31. The maximum Gasteiger partial charge on any atom is 2.00 e. The number of rotatable bonds is 0. The van der Waals surface area contributed by atoms with Crippen molar-refractivity contribution in [1.29, 1.82) is 0 Å². The second-order valence-corrected chi connectivity index (χ2v) is 2.04. The maximum atomic E-state index is 4.07. The van der Waals surface area contributed by atoms with Crippen LogP contribution in [0.4, 0.5) is 0 Å². The van der Waals surface area contributed by atoms with E-state index in [1.807, 2.05) is 19.1 Å². The molecule has 4 nitrogen and oxygen atoms in total. The minimum absolute atomic E-state index is 0. The molecule has 0 aliphatic rings. The molecule has 0 bridgehead atoms. The zero-order valence-corrected chi connectivity index (χ0v) is 9.79. The monoisotopic (exact) mass is 332 g/mol. The van der Waals surface area contributed by atoms with Crippen LogP contribution in [0.5, 0.6) is 0 Å². The standard InChI is InChI=1S/C6H5N4.CH3.W/c1-5-2-3-6-8-7-4-10(6)9-5;;/h2-3H,1H3;1H3;/q2*-1;+2.